The standard InChI is InChI=1S/C12H15NO/c14-12(10-4-2-1-3-5-10)7-6-11(12)8-13-9-11/h1-5,13-14H,6-9H2. The number of hydrogen-bond donors (Lipinski definition) is 2. The van der Waals surface area contributed by atoms with Crippen molar-refractivity contribution in [3.8, 4) is 0 Å². The third-order valence-corrected chi connectivity index (χ3v) is 4.02. The summed E-state index contributed by atoms with van der Waals surface area (Å²) in [5.41, 5.74) is 0.682. The van der Waals surface area contributed by atoms with Crippen LogP contribution in [0.2, 0.25) is 0 Å². The number of aliphatic hydroxyl groups is 1. The molecule has 14 heavy (non-hydrogen) atoms. The average molecular weight is 189 g/mol. The summed E-state index contributed by atoms with van der Waals surface area (Å²) in [7, 11) is 0. The molecule has 2 nitrogen and oxygen atoms in total. The third kappa shape index (κ3) is 0.830. The van der Waals surface area contributed by atoms with Crippen LogP contribution < -0.4 is 5.32 Å². The number of benzene rings is 1. The van der Waals surface area contributed by atoms with E-state index < -0.39 is 5.60 Å². The first-order valence-electron chi connectivity index (χ1n) is 5.26. The summed E-state index contributed by atoms with van der Waals surface area (Å²) in [4.78, 5) is 0. The van der Waals surface area contributed by atoms with E-state index in [4.69, 9.17) is 0 Å². The van der Waals surface area contributed by atoms with Crippen LogP contribution in [0.15, 0.2) is 30.3 Å². The van der Waals surface area contributed by atoms with Gasteiger partial charge in [0.25, 0.3) is 0 Å². The first-order valence-corrected chi connectivity index (χ1v) is 5.26. The van der Waals surface area contributed by atoms with Crippen molar-refractivity contribution in [3.63, 3.8) is 0 Å². The van der Waals surface area contributed by atoms with Gasteiger partial charge in [-0.1, -0.05) is 30.3 Å². The molecule has 1 aromatic rings. The molecule has 1 aromatic carbocycles. The van der Waals surface area contributed by atoms with Gasteiger partial charge in [0.1, 0.15) is 0 Å². The lowest BCUT2D eigenvalue weighted by molar-refractivity contribution is -0.198. The summed E-state index contributed by atoms with van der Waals surface area (Å²) in [5.74, 6) is 0. The molecule has 1 heterocycles. The van der Waals surface area contributed by atoms with Crippen LogP contribution in [0.25, 0.3) is 0 Å². The van der Waals surface area contributed by atoms with Crippen LogP contribution in [-0.4, -0.2) is 18.2 Å². The molecule has 2 aliphatic rings. The molecule has 2 heteroatoms. The summed E-state index contributed by atoms with van der Waals surface area (Å²) in [6.07, 6.45) is 2.07. The molecule has 0 bridgehead atoms. The predicted octanol–water partition coefficient (Wildman–Crippen LogP) is 1.26. The maximum atomic E-state index is 10.6. The van der Waals surface area contributed by atoms with Crippen molar-refractivity contribution < 1.29 is 5.11 Å². The predicted molar refractivity (Wildman–Crippen MR) is 54.9 cm³/mol. The summed E-state index contributed by atoms with van der Waals surface area (Å²) in [6, 6.07) is 10.1. The van der Waals surface area contributed by atoms with Crippen LogP contribution in [0.4, 0.5) is 0 Å². The molecule has 2 fully saturated rings. The van der Waals surface area contributed by atoms with E-state index >= 15 is 0 Å². The van der Waals surface area contributed by atoms with Gasteiger partial charge in [0.2, 0.25) is 0 Å². The maximum Gasteiger partial charge on any atom is 0.0977 e. The van der Waals surface area contributed by atoms with E-state index in [0.29, 0.717) is 0 Å². The van der Waals surface area contributed by atoms with E-state index in [9.17, 15) is 5.11 Å². The van der Waals surface area contributed by atoms with Crippen LogP contribution in [0.3, 0.4) is 0 Å². The van der Waals surface area contributed by atoms with Crippen LogP contribution in [-0.2, 0) is 5.60 Å². The van der Waals surface area contributed by atoms with Gasteiger partial charge < -0.3 is 10.4 Å². The molecular formula is C12H15NO. The fraction of sp³-hybridized carbons (Fsp3) is 0.500. The molecule has 3 rings (SSSR count). The Morgan fingerprint density at radius 1 is 1.07 bits per heavy atom. The molecule has 1 unspecified atom stereocenters. The monoisotopic (exact) mass is 189 g/mol. The lowest BCUT2D eigenvalue weighted by atomic mass is 9.51. The van der Waals surface area contributed by atoms with E-state index in [0.717, 1.165) is 31.5 Å². The zero-order valence-corrected chi connectivity index (χ0v) is 8.16. The Kier molecular flexibility index (Phi) is 1.56. The molecule has 1 saturated carbocycles. The van der Waals surface area contributed by atoms with E-state index in [1.54, 1.807) is 0 Å². The number of nitrogens with one attached hydrogen (secondary N) is 1. The van der Waals surface area contributed by atoms with Crippen molar-refractivity contribution in [2.45, 2.75) is 18.4 Å². The second kappa shape index (κ2) is 2.59. The Hall–Kier alpha value is -0.860. The molecule has 1 aliphatic heterocycles. The summed E-state index contributed by atoms with van der Waals surface area (Å²) < 4.78 is 0. The molecule has 1 aliphatic carbocycles. The van der Waals surface area contributed by atoms with Crippen molar-refractivity contribution in [1.82, 2.24) is 5.32 Å². The molecule has 1 saturated heterocycles. The van der Waals surface area contributed by atoms with Gasteiger partial charge in [-0.15, -0.1) is 0 Å². The van der Waals surface area contributed by atoms with Crippen molar-refractivity contribution in [1.29, 1.82) is 0 Å². The van der Waals surface area contributed by atoms with Crippen molar-refractivity contribution in [3.05, 3.63) is 35.9 Å². The first kappa shape index (κ1) is 8.45. The van der Waals surface area contributed by atoms with Gasteiger partial charge >= 0.3 is 0 Å². The zero-order valence-electron chi connectivity index (χ0n) is 8.16. The summed E-state index contributed by atoms with van der Waals surface area (Å²) >= 11 is 0. The summed E-state index contributed by atoms with van der Waals surface area (Å²) in [6.45, 7) is 1.94. The maximum absolute atomic E-state index is 10.6. The fourth-order valence-electron chi connectivity index (χ4n) is 2.78. The average Bonchev–Trinajstić information content (AvgIpc) is 2.14. The molecule has 0 radical (unpaired) electrons. The van der Waals surface area contributed by atoms with Crippen molar-refractivity contribution in [2.75, 3.05) is 13.1 Å². The Balaban J connectivity index is 1.98. The van der Waals surface area contributed by atoms with Crippen molar-refractivity contribution >= 4 is 0 Å². The quantitative estimate of drug-likeness (QED) is 0.697. The Morgan fingerprint density at radius 2 is 1.79 bits per heavy atom. The second-order valence-electron chi connectivity index (χ2n) is 4.61. The lowest BCUT2D eigenvalue weighted by Gasteiger charge is -2.62. The van der Waals surface area contributed by atoms with Crippen LogP contribution in [0, 0.1) is 5.41 Å². The highest BCUT2D eigenvalue weighted by atomic mass is 16.3. The Morgan fingerprint density at radius 3 is 2.21 bits per heavy atom. The van der Waals surface area contributed by atoms with E-state index in [-0.39, 0.29) is 5.41 Å². The minimum absolute atomic E-state index is 0.147. The second-order valence-corrected chi connectivity index (χ2v) is 4.61. The van der Waals surface area contributed by atoms with Gasteiger partial charge in [0.05, 0.1) is 5.60 Å². The minimum Gasteiger partial charge on any atom is -0.384 e. The minimum atomic E-state index is -0.556. The normalized spacial score (nSPS) is 33.5. The summed E-state index contributed by atoms with van der Waals surface area (Å²) in [5, 5.41) is 13.9. The fourth-order valence-corrected chi connectivity index (χ4v) is 2.78. The zero-order chi connectivity index (χ0) is 9.65. The van der Waals surface area contributed by atoms with Gasteiger partial charge in [0.15, 0.2) is 0 Å². The topological polar surface area (TPSA) is 32.3 Å². The molecule has 0 amide bonds. The molecule has 0 aromatic heterocycles. The van der Waals surface area contributed by atoms with Gasteiger partial charge in [-0.25, -0.2) is 0 Å². The molecular weight excluding hydrogens is 174 g/mol. The highest BCUT2D eigenvalue weighted by Crippen LogP contribution is 2.58. The largest absolute Gasteiger partial charge is 0.384 e. The highest BCUT2D eigenvalue weighted by molar-refractivity contribution is 5.31. The smallest absolute Gasteiger partial charge is 0.0977 e. The van der Waals surface area contributed by atoms with Gasteiger partial charge in [-0.05, 0) is 18.4 Å². The van der Waals surface area contributed by atoms with Crippen LogP contribution in [0.1, 0.15) is 18.4 Å². The van der Waals surface area contributed by atoms with Crippen molar-refractivity contribution in [2.24, 2.45) is 5.41 Å². The lowest BCUT2D eigenvalue weighted by Crippen LogP contribution is -2.70. The number of hydrogen-bond acceptors (Lipinski definition) is 2. The SMILES string of the molecule is OC1(c2ccccc2)CCC12CNC2. The Labute approximate surface area is 84.0 Å². The van der Waals surface area contributed by atoms with Crippen LogP contribution in [0.5, 0.6) is 0 Å². The van der Waals surface area contributed by atoms with Crippen LogP contribution >= 0.6 is 0 Å². The van der Waals surface area contributed by atoms with Gasteiger partial charge in [-0.3, -0.25) is 0 Å². The Bertz CT molecular complexity index is 339. The highest BCUT2D eigenvalue weighted by Gasteiger charge is 2.61. The molecule has 1 spiro atoms. The third-order valence-electron chi connectivity index (χ3n) is 4.02. The number of rotatable bonds is 1. The van der Waals surface area contributed by atoms with E-state index in [1.807, 2.05) is 30.3 Å². The molecule has 1 atom stereocenters. The van der Waals surface area contributed by atoms with E-state index in [2.05, 4.69) is 5.32 Å². The first-order chi connectivity index (χ1) is 6.77. The van der Waals surface area contributed by atoms with E-state index in [1.165, 1.54) is 0 Å². The van der Waals surface area contributed by atoms with Gasteiger partial charge in [-0.2, -0.15) is 0 Å². The molecule has 74 valence electrons. The van der Waals surface area contributed by atoms with Gasteiger partial charge in [0, 0.05) is 18.5 Å². The molecule has 2 N–H and O–H groups in total.